The molecule has 1 aliphatic rings. The van der Waals surface area contributed by atoms with Crippen molar-refractivity contribution in [3.8, 4) is 0 Å². The third kappa shape index (κ3) is 4.47. The molecule has 1 aliphatic carbocycles. The quantitative estimate of drug-likeness (QED) is 0.894. The van der Waals surface area contributed by atoms with Crippen LogP contribution in [0.4, 0.5) is 10.1 Å². The number of anilines is 1. The van der Waals surface area contributed by atoms with Gasteiger partial charge in [0.05, 0.1) is 0 Å². The molecule has 0 radical (unpaired) electrons. The molecule has 1 atom stereocenters. The summed E-state index contributed by atoms with van der Waals surface area (Å²) in [5.41, 5.74) is 4.28. The Morgan fingerprint density at radius 2 is 1.72 bits per heavy atom. The number of halogens is 1. The van der Waals surface area contributed by atoms with Gasteiger partial charge in [0, 0.05) is 44.5 Å². The second-order valence-corrected chi connectivity index (χ2v) is 6.71. The van der Waals surface area contributed by atoms with Crippen LogP contribution in [0, 0.1) is 5.82 Å². The van der Waals surface area contributed by atoms with E-state index in [0.717, 1.165) is 23.4 Å². The van der Waals surface area contributed by atoms with E-state index >= 15 is 0 Å². The fourth-order valence-corrected chi connectivity index (χ4v) is 3.11. The van der Waals surface area contributed by atoms with Gasteiger partial charge in [-0.2, -0.15) is 0 Å². The third-order valence-corrected chi connectivity index (χ3v) is 4.56. The molecule has 0 heterocycles. The second-order valence-electron chi connectivity index (χ2n) is 6.71. The molecule has 4 heteroatoms. The molecule has 3 rings (SSSR count). The fourth-order valence-electron chi connectivity index (χ4n) is 3.11. The van der Waals surface area contributed by atoms with Crippen molar-refractivity contribution in [1.82, 2.24) is 5.32 Å². The Balaban J connectivity index is 1.66. The van der Waals surface area contributed by atoms with Crippen LogP contribution in [0.3, 0.4) is 0 Å². The summed E-state index contributed by atoms with van der Waals surface area (Å²) in [7, 11) is 4.03. The predicted octanol–water partition coefficient (Wildman–Crippen LogP) is 4.01. The van der Waals surface area contributed by atoms with Crippen LogP contribution in [-0.2, 0) is 11.3 Å². The molecule has 0 amide bonds. The Bertz CT molecular complexity index is 763. The molecule has 3 nitrogen and oxygen atoms in total. The second kappa shape index (κ2) is 7.51. The van der Waals surface area contributed by atoms with Crippen molar-refractivity contribution < 1.29 is 9.18 Å². The van der Waals surface area contributed by atoms with Gasteiger partial charge in [0.15, 0.2) is 5.78 Å². The zero-order valence-corrected chi connectivity index (χ0v) is 14.6. The minimum Gasteiger partial charge on any atom is -0.384 e. The van der Waals surface area contributed by atoms with E-state index in [1.54, 1.807) is 18.2 Å². The molecule has 0 unspecified atom stereocenters. The van der Waals surface area contributed by atoms with Crippen molar-refractivity contribution in [2.45, 2.75) is 25.3 Å². The fraction of sp³-hybridized carbons (Fsp3) is 0.286. The van der Waals surface area contributed by atoms with Crippen molar-refractivity contribution in [3.63, 3.8) is 0 Å². The molecule has 0 saturated carbocycles. The molecule has 0 aliphatic heterocycles. The molecular weight excluding hydrogens is 315 g/mol. The van der Waals surface area contributed by atoms with E-state index in [0.29, 0.717) is 13.0 Å². The number of allylic oxidation sites excluding steroid dienone is 2. The first-order chi connectivity index (χ1) is 12.0. The van der Waals surface area contributed by atoms with E-state index in [-0.39, 0.29) is 17.5 Å². The lowest BCUT2D eigenvalue weighted by molar-refractivity contribution is -0.115. The average Bonchev–Trinajstić information content (AvgIpc) is 2.61. The maximum absolute atomic E-state index is 13.0. The van der Waals surface area contributed by atoms with E-state index in [2.05, 4.69) is 34.5 Å². The minimum absolute atomic E-state index is 0.148. The minimum atomic E-state index is -0.239. The zero-order valence-electron chi connectivity index (χ0n) is 14.6. The highest BCUT2D eigenvalue weighted by molar-refractivity contribution is 5.92. The van der Waals surface area contributed by atoms with Crippen LogP contribution < -0.4 is 10.2 Å². The van der Waals surface area contributed by atoms with Crippen molar-refractivity contribution in [2.75, 3.05) is 19.0 Å². The summed E-state index contributed by atoms with van der Waals surface area (Å²) in [6.07, 6.45) is 3.06. The van der Waals surface area contributed by atoms with Gasteiger partial charge >= 0.3 is 0 Å². The van der Waals surface area contributed by atoms with Gasteiger partial charge in [-0.1, -0.05) is 24.3 Å². The standard InChI is InChI=1S/C21H23FN2O/c1-24(2)20-9-5-16(6-10-20)17-11-19(13-21(25)12-17)23-14-15-3-7-18(22)8-4-15/h3-10,13,17,23H,11-12,14H2,1-2H3/t17-/m1/s1. The maximum Gasteiger partial charge on any atom is 0.158 e. The smallest absolute Gasteiger partial charge is 0.158 e. The summed E-state index contributed by atoms with van der Waals surface area (Å²) < 4.78 is 13.0. The van der Waals surface area contributed by atoms with Crippen LogP contribution in [0.15, 0.2) is 60.3 Å². The number of rotatable bonds is 5. The molecule has 25 heavy (non-hydrogen) atoms. The summed E-state index contributed by atoms with van der Waals surface area (Å²) in [4.78, 5) is 14.2. The van der Waals surface area contributed by atoms with Crippen molar-refractivity contribution >= 4 is 11.5 Å². The number of carbonyl (C=O) groups excluding carboxylic acids is 1. The van der Waals surface area contributed by atoms with Crippen molar-refractivity contribution in [3.05, 3.63) is 77.2 Å². The lowest BCUT2D eigenvalue weighted by Gasteiger charge is -2.24. The van der Waals surface area contributed by atoms with Gasteiger partial charge in [-0.25, -0.2) is 4.39 Å². The first-order valence-electron chi connectivity index (χ1n) is 8.50. The molecular formula is C21H23FN2O. The van der Waals surface area contributed by atoms with Crippen LogP contribution in [0.5, 0.6) is 0 Å². The van der Waals surface area contributed by atoms with Crippen LogP contribution in [0.25, 0.3) is 0 Å². The molecule has 0 saturated heterocycles. The Morgan fingerprint density at radius 3 is 2.36 bits per heavy atom. The Morgan fingerprint density at radius 1 is 1.04 bits per heavy atom. The summed E-state index contributed by atoms with van der Waals surface area (Å²) >= 11 is 0. The first-order valence-corrected chi connectivity index (χ1v) is 8.50. The molecule has 0 fully saturated rings. The molecule has 2 aromatic rings. The number of benzene rings is 2. The van der Waals surface area contributed by atoms with Gasteiger partial charge < -0.3 is 10.2 Å². The predicted molar refractivity (Wildman–Crippen MR) is 99.1 cm³/mol. The highest BCUT2D eigenvalue weighted by atomic mass is 19.1. The molecule has 0 aromatic heterocycles. The van der Waals surface area contributed by atoms with Crippen LogP contribution >= 0.6 is 0 Å². The maximum atomic E-state index is 13.0. The number of hydrogen-bond acceptors (Lipinski definition) is 3. The number of ketones is 1. The van der Waals surface area contributed by atoms with Crippen LogP contribution in [-0.4, -0.2) is 19.9 Å². The monoisotopic (exact) mass is 338 g/mol. The Hall–Kier alpha value is -2.62. The van der Waals surface area contributed by atoms with E-state index < -0.39 is 0 Å². The zero-order chi connectivity index (χ0) is 17.8. The van der Waals surface area contributed by atoms with Gasteiger partial charge in [0.1, 0.15) is 5.82 Å². The van der Waals surface area contributed by atoms with Gasteiger partial charge in [0.2, 0.25) is 0 Å². The largest absolute Gasteiger partial charge is 0.384 e. The summed E-state index contributed by atoms with van der Waals surface area (Å²) in [5, 5.41) is 3.33. The Labute approximate surface area is 148 Å². The van der Waals surface area contributed by atoms with E-state index in [1.807, 2.05) is 14.1 Å². The Kier molecular flexibility index (Phi) is 5.17. The number of nitrogens with zero attached hydrogens (tertiary/aromatic N) is 1. The highest BCUT2D eigenvalue weighted by Gasteiger charge is 2.22. The highest BCUT2D eigenvalue weighted by Crippen LogP contribution is 2.31. The normalized spacial score (nSPS) is 17.2. The van der Waals surface area contributed by atoms with Gasteiger partial charge in [-0.15, -0.1) is 0 Å². The SMILES string of the molecule is CN(C)c1ccc([C@H]2CC(=O)C=C(NCc3ccc(F)cc3)C2)cc1. The number of carbonyl (C=O) groups is 1. The van der Waals surface area contributed by atoms with Crippen LogP contribution in [0.2, 0.25) is 0 Å². The van der Waals surface area contributed by atoms with Crippen molar-refractivity contribution in [2.24, 2.45) is 0 Å². The van der Waals surface area contributed by atoms with Gasteiger partial charge in [0.25, 0.3) is 0 Å². The molecule has 2 aromatic carbocycles. The first kappa shape index (κ1) is 17.2. The van der Waals surface area contributed by atoms with E-state index in [1.165, 1.54) is 17.7 Å². The van der Waals surface area contributed by atoms with E-state index in [4.69, 9.17) is 0 Å². The molecule has 0 spiro atoms. The molecule has 1 N–H and O–H groups in total. The van der Waals surface area contributed by atoms with Crippen LogP contribution in [0.1, 0.15) is 29.9 Å². The van der Waals surface area contributed by atoms with E-state index in [9.17, 15) is 9.18 Å². The van der Waals surface area contributed by atoms with Gasteiger partial charge in [-0.05, 0) is 47.7 Å². The summed E-state index contributed by atoms with van der Waals surface area (Å²) in [5.74, 6) is 0.107. The summed E-state index contributed by atoms with van der Waals surface area (Å²) in [6.45, 7) is 0.589. The summed E-state index contributed by atoms with van der Waals surface area (Å²) in [6, 6.07) is 14.8. The van der Waals surface area contributed by atoms with Gasteiger partial charge in [-0.3, -0.25) is 4.79 Å². The number of nitrogens with one attached hydrogen (secondary N) is 1. The topological polar surface area (TPSA) is 32.3 Å². The van der Waals surface area contributed by atoms with Crippen molar-refractivity contribution in [1.29, 1.82) is 0 Å². The lowest BCUT2D eigenvalue weighted by Crippen LogP contribution is -2.22. The number of hydrogen-bond donors (Lipinski definition) is 1. The average molecular weight is 338 g/mol. The lowest BCUT2D eigenvalue weighted by atomic mass is 9.85. The third-order valence-electron chi connectivity index (χ3n) is 4.56. The molecule has 0 bridgehead atoms. The molecule has 130 valence electrons.